The molecule has 29 heavy (non-hydrogen) atoms. The molecule has 1 aliphatic heterocycles. The van der Waals surface area contributed by atoms with Crippen molar-refractivity contribution in [3.63, 3.8) is 0 Å². The fourth-order valence-electron chi connectivity index (χ4n) is 3.06. The molecule has 11 heteroatoms. The number of nitrogens with zero attached hydrogens (tertiary/aromatic N) is 4. The van der Waals surface area contributed by atoms with Crippen LogP contribution in [0.15, 0.2) is 54.6 Å². The van der Waals surface area contributed by atoms with E-state index in [4.69, 9.17) is 11.6 Å². The minimum absolute atomic E-state index is 0.0474. The molecule has 0 saturated heterocycles. The summed E-state index contributed by atoms with van der Waals surface area (Å²) in [5.74, 6) is -0.503. The summed E-state index contributed by atoms with van der Waals surface area (Å²) in [4.78, 5) is 17.0. The summed E-state index contributed by atoms with van der Waals surface area (Å²) in [7, 11) is 1.71. The first-order valence-electron chi connectivity index (χ1n) is 8.47. The summed E-state index contributed by atoms with van der Waals surface area (Å²) in [6, 6.07) is 7.08. The molecule has 150 valence electrons. The fraction of sp³-hybridized carbons (Fsp3) is 0.167. The normalized spacial score (nSPS) is 16.4. The maximum Gasteiger partial charge on any atom is 0.387 e. The number of nitrogens with one attached hydrogen (secondary N) is 2. The molecule has 0 radical (unpaired) electrons. The Morgan fingerprint density at radius 3 is 3.00 bits per heavy atom. The lowest BCUT2D eigenvalue weighted by Gasteiger charge is -2.21. The molecule has 0 bridgehead atoms. The monoisotopic (exact) mass is 420 g/mol. The highest BCUT2D eigenvalue weighted by Crippen LogP contribution is 2.35. The summed E-state index contributed by atoms with van der Waals surface area (Å²) in [6.07, 6.45) is 4.58. The third kappa shape index (κ3) is 3.84. The van der Waals surface area contributed by atoms with Crippen LogP contribution in [-0.2, 0) is 0 Å². The number of fused-ring (bicyclic) bond motifs is 1. The lowest BCUT2D eigenvalue weighted by molar-refractivity contribution is -0.0507. The number of rotatable bonds is 5. The van der Waals surface area contributed by atoms with Crippen LogP contribution in [0.25, 0.3) is 5.65 Å². The van der Waals surface area contributed by atoms with Gasteiger partial charge in [0.15, 0.2) is 11.3 Å². The van der Waals surface area contributed by atoms with Crippen LogP contribution < -0.4 is 15.5 Å². The van der Waals surface area contributed by atoms with Crippen molar-refractivity contribution in [2.75, 3.05) is 7.05 Å². The molecule has 2 N–H and O–H groups in total. The van der Waals surface area contributed by atoms with Crippen molar-refractivity contribution in [2.24, 2.45) is 0 Å². The van der Waals surface area contributed by atoms with Crippen molar-refractivity contribution in [1.82, 2.24) is 30.3 Å². The van der Waals surface area contributed by atoms with Crippen LogP contribution in [0, 0.1) is 0 Å². The van der Waals surface area contributed by atoms with Crippen LogP contribution in [-0.4, -0.2) is 39.2 Å². The number of hydrogen-bond donors (Lipinski definition) is 2. The fourth-order valence-corrected chi connectivity index (χ4v) is 3.24. The number of amides is 1. The zero-order valence-electron chi connectivity index (χ0n) is 15.0. The lowest BCUT2D eigenvalue weighted by atomic mass is 10.0. The Morgan fingerprint density at radius 1 is 1.38 bits per heavy atom. The Morgan fingerprint density at radius 2 is 2.21 bits per heavy atom. The first-order valence-corrected chi connectivity index (χ1v) is 8.85. The van der Waals surface area contributed by atoms with Crippen LogP contribution in [0.3, 0.4) is 0 Å². The molecule has 3 heterocycles. The van der Waals surface area contributed by atoms with Crippen molar-refractivity contribution < 1.29 is 18.3 Å². The predicted octanol–water partition coefficient (Wildman–Crippen LogP) is 2.75. The average molecular weight is 421 g/mol. The lowest BCUT2D eigenvalue weighted by Crippen LogP contribution is -2.32. The molecule has 0 saturated carbocycles. The number of hydrogen-bond acceptors (Lipinski definition) is 6. The number of alkyl halides is 2. The van der Waals surface area contributed by atoms with Gasteiger partial charge in [0.2, 0.25) is 0 Å². The van der Waals surface area contributed by atoms with Crippen molar-refractivity contribution in [1.29, 1.82) is 0 Å². The molecule has 1 aliphatic rings. The Balaban J connectivity index is 1.64. The third-order valence-corrected chi connectivity index (χ3v) is 4.48. The molecule has 1 aromatic carbocycles. The van der Waals surface area contributed by atoms with Crippen molar-refractivity contribution >= 4 is 23.2 Å². The Bertz CT molecular complexity index is 1100. The summed E-state index contributed by atoms with van der Waals surface area (Å²) < 4.78 is 31.7. The van der Waals surface area contributed by atoms with E-state index >= 15 is 0 Å². The van der Waals surface area contributed by atoms with Crippen molar-refractivity contribution in [2.45, 2.75) is 12.7 Å². The topological polar surface area (TPSA) is 83.8 Å². The molecule has 2 aromatic heterocycles. The summed E-state index contributed by atoms with van der Waals surface area (Å²) in [5.41, 5.74) is 4.57. The minimum Gasteiger partial charge on any atom is -0.434 e. The van der Waals surface area contributed by atoms with E-state index in [1.807, 2.05) is 0 Å². The van der Waals surface area contributed by atoms with Crippen LogP contribution in [0.4, 0.5) is 8.78 Å². The number of carbonyl (C=O) groups excluding carboxylic acids is 1. The second kappa shape index (κ2) is 7.64. The molecule has 0 spiro atoms. The zero-order valence-corrected chi connectivity index (χ0v) is 15.8. The van der Waals surface area contributed by atoms with Gasteiger partial charge in [-0.2, -0.15) is 13.9 Å². The molecular weight excluding hydrogens is 406 g/mol. The van der Waals surface area contributed by atoms with Gasteiger partial charge in [-0.05, 0) is 30.3 Å². The maximum atomic E-state index is 12.8. The number of hydrazine groups is 1. The number of ether oxygens (including phenoxy) is 1. The number of carbonyl (C=O) groups is 1. The van der Waals surface area contributed by atoms with Gasteiger partial charge in [0.25, 0.3) is 5.91 Å². The number of imidazole rings is 1. The molecule has 4 rings (SSSR count). The number of benzene rings is 1. The van der Waals surface area contributed by atoms with Gasteiger partial charge in [-0.25, -0.2) is 14.9 Å². The Labute approximate surface area is 168 Å². The van der Waals surface area contributed by atoms with E-state index < -0.39 is 18.6 Å². The van der Waals surface area contributed by atoms with E-state index in [2.05, 4.69) is 25.6 Å². The van der Waals surface area contributed by atoms with Crippen molar-refractivity contribution in [3.05, 3.63) is 70.9 Å². The second-order valence-electron chi connectivity index (χ2n) is 6.21. The highest BCUT2D eigenvalue weighted by atomic mass is 35.5. The highest BCUT2D eigenvalue weighted by molar-refractivity contribution is 6.30. The highest BCUT2D eigenvalue weighted by Gasteiger charge is 2.30. The van der Waals surface area contributed by atoms with Gasteiger partial charge in [-0.15, -0.1) is 0 Å². The van der Waals surface area contributed by atoms with Crippen LogP contribution in [0.2, 0.25) is 5.02 Å². The third-order valence-electron chi connectivity index (χ3n) is 4.24. The molecule has 1 atom stereocenters. The summed E-state index contributed by atoms with van der Waals surface area (Å²) in [6.45, 7) is -3.00. The molecule has 0 fully saturated rings. The summed E-state index contributed by atoms with van der Waals surface area (Å²) >= 11 is 6.06. The van der Waals surface area contributed by atoms with Gasteiger partial charge >= 0.3 is 6.61 Å². The Hall–Kier alpha value is -3.24. The van der Waals surface area contributed by atoms with Gasteiger partial charge in [0.05, 0.1) is 17.9 Å². The van der Waals surface area contributed by atoms with Crippen LogP contribution in [0.1, 0.15) is 22.1 Å². The molecular formula is C18H15ClF2N6O2. The minimum atomic E-state index is -3.00. The first kappa shape index (κ1) is 19.1. The van der Waals surface area contributed by atoms with Gasteiger partial charge in [-0.1, -0.05) is 11.6 Å². The quantitative estimate of drug-likeness (QED) is 0.660. The first-order chi connectivity index (χ1) is 13.9. The molecule has 8 nitrogen and oxygen atoms in total. The standard InChI is InChI=1S/C18H15ClF2N6O2/c1-26-9-12(24-17(28)13-8-22-15-3-2-6-23-27(13)15)16(25-26)11-7-10(19)4-5-14(11)29-18(20)21/h2-9,16,18,25H,1H3,(H,24,28). The largest absolute Gasteiger partial charge is 0.434 e. The van der Waals surface area contributed by atoms with E-state index in [0.29, 0.717) is 21.9 Å². The van der Waals surface area contributed by atoms with Crippen LogP contribution >= 0.6 is 11.6 Å². The van der Waals surface area contributed by atoms with E-state index in [1.165, 1.54) is 28.9 Å². The smallest absolute Gasteiger partial charge is 0.387 e. The van der Waals surface area contributed by atoms with Gasteiger partial charge < -0.3 is 15.1 Å². The molecule has 1 amide bonds. The van der Waals surface area contributed by atoms with E-state index in [-0.39, 0.29) is 11.4 Å². The SMILES string of the molecule is CN1C=C(NC(=O)c2cnc3cccnn23)C(c2cc(Cl)ccc2OC(F)F)N1. The Kier molecular flexibility index (Phi) is 5.03. The van der Waals surface area contributed by atoms with E-state index in [1.54, 1.807) is 36.6 Å². The number of halogens is 3. The molecule has 1 unspecified atom stereocenters. The second-order valence-corrected chi connectivity index (χ2v) is 6.65. The average Bonchev–Trinajstić information content (AvgIpc) is 3.26. The molecule has 0 aliphatic carbocycles. The van der Waals surface area contributed by atoms with Gasteiger partial charge in [-0.3, -0.25) is 4.79 Å². The van der Waals surface area contributed by atoms with E-state index in [0.717, 1.165) is 0 Å². The van der Waals surface area contributed by atoms with Crippen molar-refractivity contribution in [3.8, 4) is 5.75 Å². The van der Waals surface area contributed by atoms with E-state index in [9.17, 15) is 13.6 Å². The van der Waals surface area contributed by atoms with Gasteiger partial charge in [0, 0.05) is 30.0 Å². The zero-order chi connectivity index (χ0) is 20.5. The maximum absolute atomic E-state index is 12.8. The summed E-state index contributed by atoms with van der Waals surface area (Å²) in [5, 5.41) is 8.84. The predicted molar refractivity (Wildman–Crippen MR) is 100 cm³/mol. The number of aromatic nitrogens is 3. The van der Waals surface area contributed by atoms with Gasteiger partial charge in [0.1, 0.15) is 5.75 Å². The molecule has 3 aromatic rings. The van der Waals surface area contributed by atoms with Crippen LogP contribution in [0.5, 0.6) is 5.75 Å².